The number of fused-ring (bicyclic) bond motifs is 1. The highest BCUT2D eigenvalue weighted by Gasteiger charge is 2.47. The van der Waals surface area contributed by atoms with E-state index in [1.54, 1.807) is 10.7 Å². The summed E-state index contributed by atoms with van der Waals surface area (Å²) in [5.74, 6) is 0.447. The van der Waals surface area contributed by atoms with Crippen molar-refractivity contribution in [3.8, 4) is 0 Å². The van der Waals surface area contributed by atoms with E-state index in [4.69, 9.17) is 5.73 Å². The number of rotatable bonds is 3. The Labute approximate surface area is 118 Å². The Morgan fingerprint density at radius 3 is 3.05 bits per heavy atom. The van der Waals surface area contributed by atoms with Gasteiger partial charge in [0.05, 0.1) is 17.3 Å². The molecule has 20 heavy (non-hydrogen) atoms. The van der Waals surface area contributed by atoms with Gasteiger partial charge in [0.25, 0.3) is 5.91 Å². The summed E-state index contributed by atoms with van der Waals surface area (Å²) >= 11 is 0. The van der Waals surface area contributed by atoms with Gasteiger partial charge in [0.1, 0.15) is 0 Å². The number of nitrogens with one attached hydrogen (secondary N) is 1. The molecule has 106 valence electrons. The summed E-state index contributed by atoms with van der Waals surface area (Å²) in [5.41, 5.74) is 7.31. The van der Waals surface area contributed by atoms with Crippen LogP contribution in [0.5, 0.6) is 0 Å². The van der Waals surface area contributed by atoms with Gasteiger partial charge in [-0.15, -0.1) is 0 Å². The molecule has 2 unspecified atom stereocenters. The van der Waals surface area contributed by atoms with Crippen LogP contribution in [0.4, 0.5) is 0 Å². The highest BCUT2D eigenvalue weighted by atomic mass is 16.1. The normalized spacial score (nSPS) is 24.4. The molecule has 1 aliphatic rings. The van der Waals surface area contributed by atoms with Gasteiger partial charge in [0.15, 0.2) is 0 Å². The Morgan fingerprint density at radius 1 is 1.55 bits per heavy atom. The molecule has 0 saturated heterocycles. The zero-order valence-corrected chi connectivity index (χ0v) is 11.8. The van der Waals surface area contributed by atoms with E-state index in [2.05, 4.69) is 24.3 Å². The largest absolute Gasteiger partial charge is 0.349 e. The van der Waals surface area contributed by atoms with Crippen LogP contribution in [0, 0.1) is 11.3 Å². The number of aromatic nitrogens is 2. The topological polar surface area (TPSA) is 72.4 Å². The Bertz CT molecular complexity index is 646. The minimum atomic E-state index is -0.0374. The predicted molar refractivity (Wildman–Crippen MR) is 77.4 cm³/mol. The van der Waals surface area contributed by atoms with Gasteiger partial charge in [-0.05, 0) is 42.5 Å². The van der Waals surface area contributed by atoms with Gasteiger partial charge < -0.3 is 11.1 Å². The number of carbonyl (C=O) groups excluding carboxylic acids is 1. The van der Waals surface area contributed by atoms with Crippen LogP contribution in [0.3, 0.4) is 0 Å². The zero-order valence-electron chi connectivity index (χ0n) is 11.8. The molecule has 0 radical (unpaired) electrons. The number of nitrogens with zero attached hydrogens (tertiary/aromatic N) is 2. The third-order valence-corrected chi connectivity index (χ3v) is 4.74. The Morgan fingerprint density at radius 2 is 2.35 bits per heavy atom. The molecule has 1 amide bonds. The fraction of sp³-hybridized carbons (Fsp3) is 0.467. The van der Waals surface area contributed by atoms with Crippen molar-refractivity contribution < 1.29 is 4.79 Å². The Balaban J connectivity index is 1.79. The van der Waals surface area contributed by atoms with Crippen LogP contribution in [-0.4, -0.2) is 28.1 Å². The number of carbonyl (C=O) groups is 1. The molecule has 1 fully saturated rings. The molecule has 2 aromatic heterocycles. The van der Waals surface area contributed by atoms with E-state index < -0.39 is 0 Å². The highest BCUT2D eigenvalue weighted by Crippen LogP contribution is 2.45. The average molecular weight is 272 g/mol. The molecule has 2 heterocycles. The van der Waals surface area contributed by atoms with Gasteiger partial charge in [-0.1, -0.05) is 13.8 Å². The average Bonchev–Trinajstić information content (AvgIpc) is 2.90. The molecule has 3 N–H and O–H groups in total. The van der Waals surface area contributed by atoms with Crippen molar-refractivity contribution in [1.82, 2.24) is 14.9 Å². The van der Waals surface area contributed by atoms with Crippen molar-refractivity contribution >= 4 is 11.4 Å². The first-order chi connectivity index (χ1) is 9.54. The molecule has 0 aromatic carbocycles. The highest BCUT2D eigenvalue weighted by molar-refractivity contribution is 6.00. The first-order valence-corrected chi connectivity index (χ1v) is 6.97. The Hall–Kier alpha value is -1.88. The first kappa shape index (κ1) is 13.1. The monoisotopic (exact) mass is 272 g/mol. The van der Waals surface area contributed by atoms with E-state index in [0.717, 1.165) is 11.9 Å². The van der Waals surface area contributed by atoms with Crippen molar-refractivity contribution in [2.45, 2.75) is 26.3 Å². The number of nitrogens with two attached hydrogens (primary N) is 1. The van der Waals surface area contributed by atoms with Crippen molar-refractivity contribution in [3.63, 3.8) is 0 Å². The third-order valence-electron chi connectivity index (χ3n) is 4.74. The van der Waals surface area contributed by atoms with E-state index in [-0.39, 0.29) is 17.4 Å². The quantitative estimate of drug-likeness (QED) is 0.888. The summed E-state index contributed by atoms with van der Waals surface area (Å²) in [6, 6.07) is 5.71. The second kappa shape index (κ2) is 4.59. The van der Waals surface area contributed by atoms with E-state index in [1.807, 2.05) is 24.4 Å². The van der Waals surface area contributed by atoms with E-state index in [0.29, 0.717) is 18.0 Å². The molecule has 2 atom stereocenters. The molecule has 0 bridgehead atoms. The second-order valence-electron chi connectivity index (χ2n) is 6.10. The summed E-state index contributed by atoms with van der Waals surface area (Å²) in [5, 5.41) is 7.28. The molecule has 1 saturated carbocycles. The van der Waals surface area contributed by atoms with Gasteiger partial charge >= 0.3 is 0 Å². The Kier molecular flexibility index (Phi) is 3.01. The van der Waals surface area contributed by atoms with E-state index in [1.165, 1.54) is 0 Å². The molecule has 2 aromatic rings. The molecule has 5 nitrogen and oxygen atoms in total. The molecule has 3 rings (SSSR count). The lowest BCUT2D eigenvalue weighted by molar-refractivity contribution is 0.0200. The van der Waals surface area contributed by atoms with E-state index in [9.17, 15) is 4.79 Å². The zero-order chi connectivity index (χ0) is 14.3. The van der Waals surface area contributed by atoms with Crippen LogP contribution < -0.4 is 11.1 Å². The summed E-state index contributed by atoms with van der Waals surface area (Å²) in [6.07, 6.45) is 4.49. The number of amides is 1. The van der Waals surface area contributed by atoms with Crippen molar-refractivity contribution in [2.24, 2.45) is 17.1 Å². The lowest BCUT2D eigenvalue weighted by Gasteiger charge is -2.52. The molecule has 1 aliphatic carbocycles. The van der Waals surface area contributed by atoms with Gasteiger partial charge in [-0.3, -0.25) is 4.79 Å². The molecule has 0 aliphatic heterocycles. The summed E-state index contributed by atoms with van der Waals surface area (Å²) in [7, 11) is 0. The standard InChI is InChI=1S/C15H20N4O/c1-15(2)10(9-16)8-13(15)18-14(20)11-4-3-7-19-12(11)5-6-17-19/h3-7,10,13H,8-9,16H2,1-2H3,(H,18,20). The second-order valence-corrected chi connectivity index (χ2v) is 6.10. The summed E-state index contributed by atoms with van der Waals surface area (Å²) in [6.45, 7) is 5.01. The predicted octanol–water partition coefficient (Wildman–Crippen LogP) is 1.44. The number of hydrogen-bond acceptors (Lipinski definition) is 3. The molecule has 5 heteroatoms. The fourth-order valence-corrected chi connectivity index (χ4v) is 3.04. The van der Waals surface area contributed by atoms with Crippen LogP contribution in [0.25, 0.3) is 5.52 Å². The van der Waals surface area contributed by atoms with Crippen molar-refractivity contribution in [3.05, 3.63) is 36.2 Å². The molecular formula is C15H20N4O. The summed E-state index contributed by atoms with van der Waals surface area (Å²) in [4.78, 5) is 12.5. The summed E-state index contributed by atoms with van der Waals surface area (Å²) < 4.78 is 1.71. The minimum absolute atomic E-state index is 0.0374. The maximum atomic E-state index is 12.5. The van der Waals surface area contributed by atoms with Crippen LogP contribution >= 0.6 is 0 Å². The van der Waals surface area contributed by atoms with Crippen LogP contribution in [0.2, 0.25) is 0 Å². The van der Waals surface area contributed by atoms with Crippen LogP contribution in [0.15, 0.2) is 30.6 Å². The SMILES string of the molecule is CC1(C)C(CN)CC1NC(=O)c1cccn2nccc12. The lowest BCUT2D eigenvalue weighted by Crippen LogP contribution is -2.60. The first-order valence-electron chi connectivity index (χ1n) is 6.97. The number of pyridine rings is 1. The van der Waals surface area contributed by atoms with Gasteiger partial charge in [-0.25, -0.2) is 4.52 Å². The molecular weight excluding hydrogens is 252 g/mol. The lowest BCUT2D eigenvalue weighted by atomic mass is 9.58. The molecule has 0 spiro atoms. The maximum Gasteiger partial charge on any atom is 0.253 e. The minimum Gasteiger partial charge on any atom is -0.349 e. The van der Waals surface area contributed by atoms with Gasteiger partial charge in [0, 0.05) is 12.2 Å². The van der Waals surface area contributed by atoms with E-state index >= 15 is 0 Å². The fourth-order valence-electron chi connectivity index (χ4n) is 3.04. The van der Waals surface area contributed by atoms with Crippen LogP contribution in [0.1, 0.15) is 30.6 Å². The number of hydrogen-bond donors (Lipinski definition) is 2. The van der Waals surface area contributed by atoms with Gasteiger partial charge in [0.2, 0.25) is 0 Å². The van der Waals surface area contributed by atoms with Gasteiger partial charge in [-0.2, -0.15) is 5.10 Å². The maximum absolute atomic E-state index is 12.5. The smallest absolute Gasteiger partial charge is 0.253 e. The third kappa shape index (κ3) is 1.89. The van der Waals surface area contributed by atoms with Crippen LogP contribution in [-0.2, 0) is 0 Å². The van der Waals surface area contributed by atoms with Crippen molar-refractivity contribution in [2.75, 3.05) is 6.54 Å². The van der Waals surface area contributed by atoms with Crippen molar-refractivity contribution in [1.29, 1.82) is 0 Å².